The number of benzene rings is 1. The molecule has 0 bridgehead atoms. The number of halogens is 3. The summed E-state index contributed by atoms with van der Waals surface area (Å²) in [5.41, 5.74) is 2.09. The van der Waals surface area contributed by atoms with Crippen LogP contribution in [0.5, 0.6) is 0 Å². The first-order chi connectivity index (χ1) is 12.5. The fourth-order valence-corrected chi connectivity index (χ4v) is 2.78. The average Bonchev–Trinajstić information content (AvgIpc) is 3.21. The predicted molar refractivity (Wildman–Crippen MR) is 89.8 cm³/mol. The summed E-state index contributed by atoms with van der Waals surface area (Å²) in [5, 5.41) is 6.84. The van der Waals surface area contributed by atoms with Gasteiger partial charge in [0.25, 0.3) is 5.89 Å². The van der Waals surface area contributed by atoms with Crippen LogP contribution in [-0.4, -0.2) is 19.7 Å². The van der Waals surface area contributed by atoms with Gasteiger partial charge in [-0.2, -0.15) is 8.78 Å². The van der Waals surface area contributed by atoms with Crippen LogP contribution in [0.25, 0.3) is 22.6 Å². The lowest BCUT2D eigenvalue weighted by Crippen LogP contribution is -2.15. The molecule has 26 heavy (non-hydrogen) atoms. The topological polar surface area (TPSA) is 87.0 Å². The zero-order valence-corrected chi connectivity index (χ0v) is 14.5. The van der Waals surface area contributed by atoms with Crippen LogP contribution in [0.1, 0.15) is 18.0 Å². The molecule has 3 aromatic heterocycles. The highest BCUT2D eigenvalue weighted by Gasteiger charge is 2.17. The Kier molecular flexibility index (Phi) is 4.11. The van der Waals surface area contributed by atoms with Crippen molar-refractivity contribution in [2.45, 2.75) is 13.0 Å². The molecule has 0 unspecified atom stereocenters. The molecule has 0 aliphatic rings. The Morgan fingerprint density at radius 1 is 1.15 bits per heavy atom. The Labute approximate surface area is 152 Å². The van der Waals surface area contributed by atoms with E-state index in [1.54, 1.807) is 30.3 Å². The van der Waals surface area contributed by atoms with Gasteiger partial charge in [-0.1, -0.05) is 15.9 Å². The van der Waals surface area contributed by atoms with E-state index < -0.39 is 18.1 Å². The van der Waals surface area contributed by atoms with Gasteiger partial charge in [-0.25, -0.2) is 4.79 Å². The van der Waals surface area contributed by atoms with Gasteiger partial charge in [-0.05, 0) is 30.3 Å². The van der Waals surface area contributed by atoms with Crippen molar-refractivity contribution < 1.29 is 17.6 Å². The zero-order valence-electron chi connectivity index (χ0n) is 12.9. The minimum atomic E-state index is -2.83. The highest BCUT2D eigenvalue weighted by molar-refractivity contribution is 9.10. The Morgan fingerprint density at radius 3 is 2.69 bits per heavy atom. The molecule has 3 heterocycles. The van der Waals surface area contributed by atoms with Crippen molar-refractivity contribution in [1.82, 2.24) is 19.7 Å². The minimum Gasteiger partial charge on any atom is -0.415 e. The summed E-state index contributed by atoms with van der Waals surface area (Å²) in [7, 11) is 0. The van der Waals surface area contributed by atoms with E-state index in [1.165, 1.54) is 10.8 Å². The summed E-state index contributed by atoms with van der Waals surface area (Å²) in [5.74, 6) is -1.29. The molecule has 7 nitrogen and oxygen atoms in total. The summed E-state index contributed by atoms with van der Waals surface area (Å²) in [6.07, 6.45) is -1.41. The monoisotopic (exact) mass is 422 g/mol. The summed E-state index contributed by atoms with van der Waals surface area (Å²) < 4.78 is 37.4. The van der Waals surface area contributed by atoms with Crippen molar-refractivity contribution in [2.24, 2.45) is 0 Å². The fraction of sp³-hybridized carbons (Fsp3) is 0.125. The number of hydrogen-bond acceptors (Lipinski definition) is 6. The van der Waals surface area contributed by atoms with E-state index in [2.05, 4.69) is 31.1 Å². The van der Waals surface area contributed by atoms with Crippen molar-refractivity contribution >= 4 is 27.0 Å². The van der Waals surface area contributed by atoms with Crippen LogP contribution < -0.4 is 5.76 Å². The highest BCUT2D eigenvalue weighted by Crippen LogP contribution is 2.23. The number of pyridine rings is 1. The van der Waals surface area contributed by atoms with Crippen molar-refractivity contribution in [2.75, 3.05) is 0 Å². The van der Waals surface area contributed by atoms with Crippen LogP contribution in [0.4, 0.5) is 8.78 Å². The molecule has 0 spiro atoms. The van der Waals surface area contributed by atoms with Crippen molar-refractivity contribution in [1.29, 1.82) is 0 Å². The fourth-order valence-electron chi connectivity index (χ4n) is 2.44. The number of nitrogens with zero attached hydrogens (tertiary/aromatic N) is 4. The predicted octanol–water partition coefficient (Wildman–Crippen LogP) is 3.79. The van der Waals surface area contributed by atoms with E-state index in [1.807, 2.05) is 0 Å². The van der Waals surface area contributed by atoms with E-state index in [9.17, 15) is 13.6 Å². The molecule has 0 aliphatic carbocycles. The van der Waals surface area contributed by atoms with Gasteiger partial charge in [0.15, 0.2) is 5.58 Å². The Hall–Kier alpha value is -2.88. The molecule has 132 valence electrons. The molecular weight excluding hydrogens is 414 g/mol. The van der Waals surface area contributed by atoms with Gasteiger partial charge < -0.3 is 8.83 Å². The molecule has 0 amide bonds. The molecular formula is C16H9BrF2N4O3. The second kappa shape index (κ2) is 6.45. The Balaban J connectivity index is 1.62. The molecule has 0 radical (unpaired) electrons. The van der Waals surface area contributed by atoms with Gasteiger partial charge in [0.05, 0.1) is 23.3 Å². The maximum atomic E-state index is 12.5. The summed E-state index contributed by atoms with van der Waals surface area (Å²) in [6.45, 7) is 0.194. The van der Waals surface area contributed by atoms with Crippen molar-refractivity contribution in [3.63, 3.8) is 0 Å². The third kappa shape index (κ3) is 3.03. The smallest absolute Gasteiger partial charge is 0.415 e. The van der Waals surface area contributed by atoms with E-state index in [4.69, 9.17) is 8.83 Å². The van der Waals surface area contributed by atoms with Gasteiger partial charge in [0.2, 0.25) is 5.89 Å². The van der Waals surface area contributed by atoms with Gasteiger partial charge in [-0.3, -0.25) is 9.55 Å². The first-order valence-corrected chi connectivity index (χ1v) is 8.16. The molecule has 0 saturated carbocycles. The van der Waals surface area contributed by atoms with Crippen LogP contribution in [-0.2, 0) is 6.54 Å². The Morgan fingerprint density at radius 2 is 2.00 bits per heavy atom. The molecule has 0 atom stereocenters. The van der Waals surface area contributed by atoms with Gasteiger partial charge >= 0.3 is 12.2 Å². The average molecular weight is 423 g/mol. The van der Waals surface area contributed by atoms with Gasteiger partial charge in [0, 0.05) is 10.7 Å². The van der Waals surface area contributed by atoms with Gasteiger partial charge in [-0.15, -0.1) is 10.2 Å². The number of aromatic nitrogens is 4. The van der Waals surface area contributed by atoms with E-state index >= 15 is 0 Å². The molecule has 10 heteroatoms. The quantitative estimate of drug-likeness (QED) is 0.497. The first kappa shape index (κ1) is 16.6. The first-order valence-electron chi connectivity index (χ1n) is 7.37. The molecule has 1 aromatic carbocycles. The standard InChI is InChI=1S/C16H9BrF2N4O3/c17-9-2-4-11-12(5-9)25-16(24)23(11)7-10-3-1-8(6-20-10)14-21-22-15(26-14)13(18)19/h1-6,13H,7H2. The Bertz CT molecular complexity index is 1130. The van der Waals surface area contributed by atoms with Gasteiger partial charge in [0.1, 0.15) is 0 Å². The SMILES string of the molecule is O=c1oc2cc(Br)ccc2n1Cc1ccc(-c2nnc(C(F)F)o2)cn1. The summed E-state index contributed by atoms with van der Waals surface area (Å²) in [4.78, 5) is 16.3. The maximum Gasteiger partial charge on any atom is 0.420 e. The molecule has 0 saturated heterocycles. The van der Waals surface area contributed by atoms with E-state index in [0.29, 0.717) is 22.4 Å². The number of rotatable bonds is 4. The highest BCUT2D eigenvalue weighted by atomic mass is 79.9. The van der Waals surface area contributed by atoms with Crippen LogP contribution in [0.2, 0.25) is 0 Å². The minimum absolute atomic E-state index is 0.0462. The second-order valence-electron chi connectivity index (χ2n) is 5.35. The van der Waals surface area contributed by atoms with Crippen LogP contribution in [0.15, 0.2) is 54.6 Å². The third-order valence-electron chi connectivity index (χ3n) is 3.65. The lowest BCUT2D eigenvalue weighted by Gasteiger charge is -2.03. The molecule has 0 aliphatic heterocycles. The molecule has 0 N–H and O–H groups in total. The summed E-state index contributed by atoms with van der Waals surface area (Å²) >= 11 is 3.32. The number of fused-ring (bicyclic) bond motifs is 1. The maximum absolute atomic E-state index is 12.5. The lowest BCUT2D eigenvalue weighted by molar-refractivity contribution is 0.116. The normalized spacial score (nSPS) is 11.5. The second-order valence-corrected chi connectivity index (χ2v) is 6.27. The van der Waals surface area contributed by atoms with Crippen molar-refractivity contribution in [3.05, 3.63) is 63.1 Å². The van der Waals surface area contributed by atoms with Crippen LogP contribution in [0.3, 0.4) is 0 Å². The molecule has 0 fully saturated rings. The van der Waals surface area contributed by atoms with Crippen molar-refractivity contribution in [3.8, 4) is 11.5 Å². The van der Waals surface area contributed by atoms with Crippen LogP contribution >= 0.6 is 15.9 Å². The number of oxazole rings is 1. The van der Waals surface area contributed by atoms with E-state index in [-0.39, 0.29) is 12.4 Å². The number of hydrogen-bond donors (Lipinski definition) is 0. The van der Waals surface area contributed by atoms with E-state index in [0.717, 1.165) is 4.47 Å². The lowest BCUT2D eigenvalue weighted by atomic mass is 10.2. The zero-order chi connectivity index (χ0) is 18.3. The summed E-state index contributed by atoms with van der Waals surface area (Å²) in [6, 6.07) is 8.53. The van der Waals surface area contributed by atoms with Crippen LogP contribution in [0, 0.1) is 0 Å². The largest absolute Gasteiger partial charge is 0.420 e. The third-order valence-corrected chi connectivity index (χ3v) is 4.14. The molecule has 4 rings (SSSR count). The molecule has 4 aromatic rings. The number of alkyl halides is 2.